The second-order valence-electron chi connectivity index (χ2n) is 12.9. The van der Waals surface area contributed by atoms with Gasteiger partial charge in [-0.1, -0.05) is 43.4 Å². The summed E-state index contributed by atoms with van der Waals surface area (Å²) in [6.07, 6.45) is 11.9. The van der Waals surface area contributed by atoms with Crippen LogP contribution in [0.1, 0.15) is 97.0 Å². The molecule has 2 N–H and O–H groups in total. The number of hydrogen-bond donors (Lipinski definition) is 2. The van der Waals surface area contributed by atoms with E-state index in [9.17, 15) is 15.0 Å². The van der Waals surface area contributed by atoms with Gasteiger partial charge in [-0.2, -0.15) is 0 Å². The number of nitrogens with zero attached hydrogens (tertiary/aromatic N) is 4. The van der Waals surface area contributed by atoms with Crippen LogP contribution in [0.15, 0.2) is 41.6 Å². The second-order valence-corrected chi connectivity index (χ2v) is 12.9. The average Bonchev–Trinajstić information content (AvgIpc) is 3.44. The van der Waals surface area contributed by atoms with Crippen LogP contribution in [0, 0.1) is 23.2 Å². The molecule has 7 heteroatoms. The predicted molar refractivity (Wildman–Crippen MR) is 150 cm³/mol. The third-order valence-electron chi connectivity index (χ3n) is 9.57. The summed E-state index contributed by atoms with van der Waals surface area (Å²) in [5, 5.41) is 28.9. The molecule has 0 bridgehead atoms. The number of aromatic nitrogens is 3. The van der Waals surface area contributed by atoms with E-state index in [0.717, 1.165) is 24.1 Å². The van der Waals surface area contributed by atoms with E-state index < -0.39 is 12.2 Å². The summed E-state index contributed by atoms with van der Waals surface area (Å²) in [6, 6.07) is 0.218. The van der Waals surface area contributed by atoms with Gasteiger partial charge in [0.25, 0.3) is 5.91 Å². The van der Waals surface area contributed by atoms with Gasteiger partial charge in [0.05, 0.1) is 18.4 Å². The van der Waals surface area contributed by atoms with E-state index in [1.165, 1.54) is 31.3 Å². The van der Waals surface area contributed by atoms with Gasteiger partial charge in [0, 0.05) is 25.0 Å². The van der Waals surface area contributed by atoms with Crippen molar-refractivity contribution in [1.82, 2.24) is 19.9 Å². The van der Waals surface area contributed by atoms with E-state index >= 15 is 0 Å². The maximum atomic E-state index is 13.1. The molecule has 0 aromatic carbocycles. The van der Waals surface area contributed by atoms with Crippen molar-refractivity contribution in [3.8, 4) is 0 Å². The monoisotopic (exact) mass is 524 g/mol. The number of allylic oxidation sites excluding steroid dienone is 3. The topological polar surface area (TPSA) is 91.5 Å². The molecule has 3 saturated carbocycles. The van der Waals surface area contributed by atoms with Crippen molar-refractivity contribution in [2.75, 3.05) is 0 Å². The Morgan fingerprint density at radius 3 is 2.61 bits per heavy atom. The summed E-state index contributed by atoms with van der Waals surface area (Å²) >= 11 is 0. The van der Waals surface area contributed by atoms with Crippen LogP contribution in [0.2, 0.25) is 0 Å². The number of carbonyl (C=O) groups excluding carboxylic acids is 1. The first-order chi connectivity index (χ1) is 17.9. The molecule has 38 heavy (non-hydrogen) atoms. The maximum absolute atomic E-state index is 13.1. The summed E-state index contributed by atoms with van der Waals surface area (Å²) in [6.45, 7) is 17.8. The quantitative estimate of drug-likeness (QED) is 0.504. The second kappa shape index (κ2) is 11.5. The van der Waals surface area contributed by atoms with Crippen molar-refractivity contribution in [1.29, 1.82) is 0 Å². The smallest absolute Gasteiger partial charge is 0.276 e. The Morgan fingerprint density at radius 1 is 1.21 bits per heavy atom. The molecule has 4 rings (SSSR count). The molecule has 0 saturated heterocycles. The van der Waals surface area contributed by atoms with E-state index in [0.29, 0.717) is 36.3 Å². The molecule has 0 radical (unpaired) electrons. The van der Waals surface area contributed by atoms with Gasteiger partial charge in [-0.05, 0) is 101 Å². The predicted octanol–water partition coefficient (Wildman–Crippen LogP) is 5.31. The Labute approximate surface area is 228 Å². The van der Waals surface area contributed by atoms with Crippen molar-refractivity contribution in [3.05, 3.63) is 47.3 Å². The molecule has 7 nitrogen and oxygen atoms in total. The van der Waals surface area contributed by atoms with Crippen LogP contribution < -0.4 is 0 Å². The molecule has 0 aliphatic heterocycles. The van der Waals surface area contributed by atoms with Crippen LogP contribution in [0.25, 0.3) is 0 Å². The molecule has 3 fully saturated rings. The van der Waals surface area contributed by atoms with Gasteiger partial charge in [-0.15, -0.1) is 5.10 Å². The number of amides is 1. The normalized spacial score (nSPS) is 32.8. The summed E-state index contributed by atoms with van der Waals surface area (Å²) in [5.41, 5.74) is 3.88. The third-order valence-corrected chi connectivity index (χ3v) is 9.57. The zero-order valence-electron chi connectivity index (χ0n) is 24.2. The van der Waals surface area contributed by atoms with Crippen molar-refractivity contribution in [3.63, 3.8) is 0 Å². The van der Waals surface area contributed by atoms with Crippen LogP contribution in [0.5, 0.6) is 0 Å². The van der Waals surface area contributed by atoms with E-state index in [2.05, 4.69) is 42.9 Å². The third kappa shape index (κ3) is 5.69. The molecule has 0 unspecified atom stereocenters. The van der Waals surface area contributed by atoms with Crippen molar-refractivity contribution in [2.45, 2.75) is 117 Å². The van der Waals surface area contributed by atoms with Crippen LogP contribution >= 0.6 is 0 Å². The molecule has 1 aromatic rings. The first kappa shape index (κ1) is 28.8. The molecule has 3 aliphatic rings. The van der Waals surface area contributed by atoms with Crippen LogP contribution in [-0.2, 0) is 6.54 Å². The lowest BCUT2D eigenvalue weighted by Crippen LogP contribution is -2.42. The number of fused-ring (bicyclic) bond motifs is 1. The molecular weight excluding hydrogens is 476 g/mol. The van der Waals surface area contributed by atoms with Gasteiger partial charge in [-0.25, -0.2) is 0 Å². The lowest BCUT2D eigenvalue weighted by molar-refractivity contribution is 0.0637. The molecule has 1 aromatic heterocycles. The molecule has 1 heterocycles. The number of aliphatic hydroxyl groups is 2. The SMILES string of the molecule is C=C1/C(=C\C=C2CCC[C@]3(C)[C@@H]([C@H](C)Cn4cc(C(=O)N(C(C)C)C(C)C)nn4)CC[C@@H]23)C[C@H](O)C[C@H]1O. The van der Waals surface area contributed by atoms with E-state index in [4.69, 9.17) is 0 Å². The largest absolute Gasteiger partial charge is 0.393 e. The lowest BCUT2D eigenvalue weighted by Gasteiger charge is -2.44. The Morgan fingerprint density at radius 2 is 1.92 bits per heavy atom. The van der Waals surface area contributed by atoms with Gasteiger partial charge < -0.3 is 15.1 Å². The fraction of sp³-hybridized carbons (Fsp3) is 0.710. The standard InChI is InChI=1S/C31H48N4O3/c1-19(2)35(20(3)4)30(38)28-18-34(33-32-28)17-21(5)26-12-13-27-23(9-8-14-31(26,27)7)10-11-24-15-25(36)16-29(37)22(24)6/h10-11,18-21,25-27,29,36-37H,6,8-9,12-17H2,1-5,7H3/b23-10?,24-11-/t21-,25+,26-,27+,29-,31-/m1/s1. The highest BCUT2D eigenvalue weighted by Gasteiger charge is 2.50. The Hall–Kier alpha value is -2.25. The highest BCUT2D eigenvalue weighted by atomic mass is 16.3. The fourth-order valence-corrected chi connectivity index (χ4v) is 7.78. The summed E-state index contributed by atoms with van der Waals surface area (Å²) in [4.78, 5) is 14.9. The van der Waals surface area contributed by atoms with Crippen LogP contribution in [0.4, 0.5) is 0 Å². The fourth-order valence-electron chi connectivity index (χ4n) is 7.78. The van der Waals surface area contributed by atoms with E-state index in [1.807, 2.05) is 43.5 Å². The highest BCUT2D eigenvalue weighted by Crippen LogP contribution is 2.59. The van der Waals surface area contributed by atoms with Crippen molar-refractivity contribution < 1.29 is 15.0 Å². The number of aliphatic hydroxyl groups excluding tert-OH is 2. The Kier molecular flexibility index (Phi) is 8.68. The average molecular weight is 525 g/mol. The van der Waals surface area contributed by atoms with E-state index in [-0.39, 0.29) is 23.4 Å². The minimum Gasteiger partial charge on any atom is -0.393 e. The molecule has 0 spiro atoms. The zero-order chi connectivity index (χ0) is 27.8. The lowest BCUT2D eigenvalue weighted by atomic mass is 9.61. The van der Waals surface area contributed by atoms with Gasteiger partial charge in [0.1, 0.15) is 0 Å². The molecule has 210 valence electrons. The highest BCUT2D eigenvalue weighted by molar-refractivity contribution is 5.92. The van der Waals surface area contributed by atoms with Crippen LogP contribution in [-0.4, -0.2) is 60.3 Å². The minimum absolute atomic E-state index is 0.0568. The summed E-state index contributed by atoms with van der Waals surface area (Å²) < 4.78 is 1.86. The minimum atomic E-state index is -0.650. The first-order valence-electron chi connectivity index (χ1n) is 14.6. The number of carbonyl (C=O) groups is 1. The van der Waals surface area contributed by atoms with Crippen molar-refractivity contribution >= 4 is 5.91 Å². The number of hydrogen-bond acceptors (Lipinski definition) is 5. The molecule has 3 aliphatic carbocycles. The van der Waals surface area contributed by atoms with Gasteiger partial charge in [0.2, 0.25) is 0 Å². The number of rotatable bonds is 7. The Bertz CT molecular complexity index is 1080. The summed E-state index contributed by atoms with van der Waals surface area (Å²) in [5.74, 6) is 1.48. The molecule has 1 amide bonds. The zero-order valence-corrected chi connectivity index (χ0v) is 24.2. The molecular formula is C31H48N4O3. The summed E-state index contributed by atoms with van der Waals surface area (Å²) in [7, 11) is 0. The van der Waals surface area contributed by atoms with E-state index in [1.54, 1.807) is 0 Å². The van der Waals surface area contributed by atoms with Gasteiger partial charge in [0.15, 0.2) is 5.69 Å². The first-order valence-corrected chi connectivity index (χ1v) is 14.6. The van der Waals surface area contributed by atoms with Gasteiger partial charge >= 0.3 is 0 Å². The van der Waals surface area contributed by atoms with Gasteiger partial charge in [-0.3, -0.25) is 9.48 Å². The molecule has 6 atom stereocenters. The van der Waals surface area contributed by atoms with Crippen LogP contribution in [0.3, 0.4) is 0 Å². The Balaban J connectivity index is 1.46. The maximum Gasteiger partial charge on any atom is 0.276 e. The van der Waals surface area contributed by atoms with Crippen molar-refractivity contribution in [2.24, 2.45) is 23.2 Å².